The van der Waals surface area contributed by atoms with Crippen LogP contribution in [0.25, 0.3) is 0 Å². The highest BCUT2D eigenvalue weighted by Gasteiger charge is 2.23. The van der Waals surface area contributed by atoms with E-state index in [2.05, 4.69) is 15.2 Å². The third-order valence-electron chi connectivity index (χ3n) is 3.30. The molecule has 1 aliphatic heterocycles. The van der Waals surface area contributed by atoms with Crippen molar-refractivity contribution in [2.24, 2.45) is 7.05 Å². The lowest BCUT2D eigenvalue weighted by Crippen LogP contribution is -2.46. The Morgan fingerprint density at radius 3 is 2.68 bits per heavy atom. The number of aryl methyl sites for hydroxylation is 1. The molecule has 0 atom stereocenters. The maximum absolute atomic E-state index is 12.2. The number of aromatic nitrogens is 2. The predicted molar refractivity (Wildman–Crippen MR) is 72.3 cm³/mol. The zero-order valence-electron chi connectivity index (χ0n) is 11.4. The number of sulfonamides is 1. The molecule has 19 heavy (non-hydrogen) atoms. The van der Waals surface area contributed by atoms with Crippen molar-refractivity contribution < 1.29 is 8.42 Å². The van der Waals surface area contributed by atoms with Gasteiger partial charge in [0.1, 0.15) is 0 Å². The summed E-state index contributed by atoms with van der Waals surface area (Å²) in [6, 6.07) is 0. The molecule has 0 unspecified atom stereocenters. The smallest absolute Gasteiger partial charge is 0.261 e. The zero-order valence-corrected chi connectivity index (χ0v) is 12.2. The van der Waals surface area contributed by atoms with Gasteiger partial charge in [-0.2, -0.15) is 4.31 Å². The first-order valence-corrected chi connectivity index (χ1v) is 7.81. The molecule has 1 aromatic heterocycles. The Balaban J connectivity index is 1.93. The number of imidazole rings is 1. The van der Waals surface area contributed by atoms with Crippen molar-refractivity contribution in [3.05, 3.63) is 12.5 Å². The minimum Gasteiger partial charge on any atom is -0.339 e. The van der Waals surface area contributed by atoms with Crippen LogP contribution in [0.5, 0.6) is 0 Å². The van der Waals surface area contributed by atoms with Crippen molar-refractivity contribution in [1.29, 1.82) is 0 Å². The number of nitrogens with one attached hydrogen (secondary N) is 1. The Morgan fingerprint density at radius 2 is 2.11 bits per heavy atom. The first-order valence-electron chi connectivity index (χ1n) is 6.37. The van der Waals surface area contributed by atoms with Gasteiger partial charge in [-0.15, -0.1) is 0 Å². The molecule has 108 valence electrons. The highest BCUT2D eigenvalue weighted by molar-refractivity contribution is 7.89. The summed E-state index contributed by atoms with van der Waals surface area (Å²) >= 11 is 0. The molecule has 1 fully saturated rings. The van der Waals surface area contributed by atoms with Crippen LogP contribution in [-0.4, -0.2) is 73.5 Å². The van der Waals surface area contributed by atoms with Crippen molar-refractivity contribution in [3.63, 3.8) is 0 Å². The molecule has 0 aromatic carbocycles. The second-order valence-electron chi connectivity index (χ2n) is 4.80. The van der Waals surface area contributed by atoms with E-state index in [9.17, 15) is 8.42 Å². The molecule has 0 aliphatic carbocycles. The fraction of sp³-hybridized carbons (Fsp3) is 0.727. The summed E-state index contributed by atoms with van der Waals surface area (Å²) in [4.78, 5) is 6.18. The summed E-state index contributed by atoms with van der Waals surface area (Å²) < 4.78 is 27.5. The van der Waals surface area contributed by atoms with Gasteiger partial charge in [0.2, 0.25) is 0 Å². The third kappa shape index (κ3) is 3.53. The van der Waals surface area contributed by atoms with Gasteiger partial charge in [0.15, 0.2) is 5.03 Å². The molecule has 0 saturated carbocycles. The van der Waals surface area contributed by atoms with Crippen molar-refractivity contribution in [2.45, 2.75) is 5.03 Å². The topological polar surface area (TPSA) is 70.5 Å². The van der Waals surface area contributed by atoms with E-state index in [1.165, 1.54) is 16.8 Å². The molecule has 7 nitrogen and oxygen atoms in total. The summed E-state index contributed by atoms with van der Waals surface area (Å²) in [6.07, 6.45) is 3.02. The summed E-state index contributed by atoms with van der Waals surface area (Å²) in [5, 5.41) is 3.38. The van der Waals surface area contributed by atoms with Gasteiger partial charge >= 0.3 is 0 Å². The number of piperazine rings is 1. The molecule has 0 radical (unpaired) electrons. The monoisotopic (exact) mass is 287 g/mol. The SMILES string of the molecule is CN(CCN1CCNCC1)S(=O)(=O)c1cn(C)cn1. The summed E-state index contributed by atoms with van der Waals surface area (Å²) in [7, 11) is -0.0998. The quantitative estimate of drug-likeness (QED) is 0.748. The molecule has 0 spiro atoms. The molecule has 2 heterocycles. The second-order valence-corrected chi connectivity index (χ2v) is 6.79. The average Bonchev–Trinajstić information content (AvgIpc) is 2.84. The molecule has 1 aromatic rings. The van der Waals surface area contributed by atoms with Crippen LogP contribution in [0.4, 0.5) is 0 Å². The van der Waals surface area contributed by atoms with Gasteiger partial charge in [-0.1, -0.05) is 0 Å². The first-order chi connectivity index (χ1) is 9.00. The summed E-state index contributed by atoms with van der Waals surface area (Å²) in [6.45, 7) is 5.12. The van der Waals surface area contributed by atoms with Crippen molar-refractivity contribution in [3.8, 4) is 0 Å². The molecule has 1 saturated heterocycles. The van der Waals surface area contributed by atoms with Crippen LogP contribution in [0.15, 0.2) is 17.6 Å². The van der Waals surface area contributed by atoms with Crippen LogP contribution in [0.2, 0.25) is 0 Å². The number of likely N-dealkylation sites (N-methyl/N-ethyl adjacent to an activating group) is 1. The van der Waals surface area contributed by atoms with Crippen LogP contribution < -0.4 is 5.32 Å². The molecule has 0 bridgehead atoms. The largest absolute Gasteiger partial charge is 0.339 e. The van der Waals surface area contributed by atoms with E-state index in [4.69, 9.17) is 0 Å². The van der Waals surface area contributed by atoms with Gasteiger partial charge in [-0.3, -0.25) is 4.90 Å². The van der Waals surface area contributed by atoms with Gasteiger partial charge in [-0.25, -0.2) is 13.4 Å². The van der Waals surface area contributed by atoms with E-state index >= 15 is 0 Å². The van der Waals surface area contributed by atoms with E-state index in [0.717, 1.165) is 32.7 Å². The zero-order chi connectivity index (χ0) is 13.9. The Kier molecular flexibility index (Phi) is 4.56. The highest BCUT2D eigenvalue weighted by Crippen LogP contribution is 2.10. The van der Waals surface area contributed by atoms with E-state index in [1.54, 1.807) is 18.7 Å². The highest BCUT2D eigenvalue weighted by atomic mass is 32.2. The van der Waals surface area contributed by atoms with Gasteiger partial charge in [0.25, 0.3) is 10.0 Å². The van der Waals surface area contributed by atoms with Crippen LogP contribution in [0.3, 0.4) is 0 Å². The number of hydrogen-bond donors (Lipinski definition) is 1. The van der Waals surface area contributed by atoms with E-state index in [1.807, 2.05) is 0 Å². The lowest BCUT2D eigenvalue weighted by atomic mass is 10.3. The normalized spacial score (nSPS) is 18.1. The maximum atomic E-state index is 12.2. The number of nitrogens with zero attached hydrogens (tertiary/aromatic N) is 4. The standard InChI is InChI=1S/C11H21N5O2S/c1-14-9-11(13-10-14)19(17,18)15(2)7-8-16-5-3-12-4-6-16/h9-10,12H,3-8H2,1-2H3. The van der Waals surface area contributed by atoms with Gasteiger partial charge in [0.05, 0.1) is 6.33 Å². The lowest BCUT2D eigenvalue weighted by molar-refractivity contribution is 0.229. The molecule has 1 N–H and O–H groups in total. The number of hydrogen-bond acceptors (Lipinski definition) is 5. The van der Waals surface area contributed by atoms with Crippen LogP contribution in [-0.2, 0) is 17.1 Å². The van der Waals surface area contributed by atoms with Crippen molar-refractivity contribution in [2.75, 3.05) is 46.3 Å². The lowest BCUT2D eigenvalue weighted by Gasteiger charge is -2.28. The minimum atomic E-state index is -3.46. The Bertz CT molecular complexity index is 507. The molecule has 0 amide bonds. The van der Waals surface area contributed by atoms with Gasteiger partial charge in [0, 0.05) is 59.6 Å². The van der Waals surface area contributed by atoms with Crippen molar-refractivity contribution in [1.82, 2.24) is 24.1 Å². The van der Waals surface area contributed by atoms with E-state index < -0.39 is 10.0 Å². The Labute approximate surface area is 114 Å². The third-order valence-corrected chi connectivity index (χ3v) is 5.04. The number of rotatable bonds is 5. The summed E-state index contributed by atoms with van der Waals surface area (Å²) in [5.41, 5.74) is 0. The molecule has 8 heteroatoms. The molecular weight excluding hydrogens is 266 g/mol. The van der Waals surface area contributed by atoms with Gasteiger partial charge < -0.3 is 9.88 Å². The average molecular weight is 287 g/mol. The van der Waals surface area contributed by atoms with Crippen LogP contribution in [0.1, 0.15) is 0 Å². The fourth-order valence-corrected chi connectivity index (χ4v) is 3.14. The minimum absolute atomic E-state index is 0.109. The Morgan fingerprint density at radius 1 is 1.42 bits per heavy atom. The summed E-state index contributed by atoms with van der Waals surface area (Å²) in [5.74, 6) is 0. The first kappa shape index (κ1) is 14.4. The maximum Gasteiger partial charge on any atom is 0.261 e. The second kappa shape index (κ2) is 6.00. The van der Waals surface area contributed by atoms with E-state index in [0.29, 0.717) is 6.54 Å². The van der Waals surface area contributed by atoms with Crippen molar-refractivity contribution >= 4 is 10.0 Å². The van der Waals surface area contributed by atoms with Crippen LogP contribution in [0, 0.1) is 0 Å². The molecular formula is C11H21N5O2S. The van der Waals surface area contributed by atoms with E-state index in [-0.39, 0.29) is 5.03 Å². The Hall–Kier alpha value is -0.960. The molecule has 2 rings (SSSR count). The molecule has 1 aliphatic rings. The van der Waals surface area contributed by atoms with Gasteiger partial charge in [-0.05, 0) is 0 Å². The fourth-order valence-electron chi connectivity index (χ4n) is 2.02. The predicted octanol–water partition coefficient (Wildman–Crippen LogP) is -1.05. The van der Waals surface area contributed by atoms with Crippen LogP contribution >= 0.6 is 0 Å².